The van der Waals surface area contributed by atoms with E-state index in [1.165, 1.54) is 6.20 Å². The van der Waals surface area contributed by atoms with Crippen LogP contribution >= 0.6 is 0 Å². The highest BCUT2D eigenvalue weighted by Gasteiger charge is 2.18. The molecule has 2 heterocycles. The van der Waals surface area contributed by atoms with Gasteiger partial charge in [0.15, 0.2) is 11.5 Å². The van der Waals surface area contributed by atoms with E-state index in [0.29, 0.717) is 18.9 Å². The van der Waals surface area contributed by atoms with Crippen LogP contribution in [-0.2, 0) is 4.74 Å². The van der Waals surface area contributed by atoms with E-state index < -0.39 is 17.2 Å². The third-order valence-corrected chi connectivity index (χ3v) is 2.75. The number of aromatic amines is 1. The SMILES string of the molecule is CCOCCNC(=O)c1nc(-c2ccccn2)[nH]c(=O)c1O. The first-order valence-electron chi connectivity index (χ1n) is 6.74. The molecule has 0 aliphatic carbocycles. The minimum absolute atomic E-state index is 0.110. The highest BCUT2D eigenvalue weighted by atomic mass is 16.5. The van der Waals surface area contributed by atoms with Gasteiger partial charge >= 0.3 is 0 Å². The topological polar surface area (TPSA) is 117 Å². The second-order valence-electron chi connectivity index (χ2n) is 4.28. The van der Waals surface area contributed by atoms with Crippen molar-refractivity contribution in [2.75, 3.05) is 19.8 Å². The maximum Gasteiger partial charge on any atom is 0.294 e. The van der Waals surface area contributed by atoms with Gasteiger partial charge in [-0.05, 0) is 19.1 Å². The zero-order valence-electron chi connectivity index (χ0n) is 12.0. The lowest BCUT2D eigenvalue weighted by Crippen LogP contribution is -2.29. The summed E-state index contributed by atoms with van der Waals surface area (Å²) < 4.78 is 5.09. The molecule has 0 aliphatic rings. The highest BCUT2D eigenvalue weighted by Crippen LogP contribution is 2.14. The van der Waals surface area contributed by atoms with Gasteiger partial charge in [-0.3, -0.25) is 14.6 Å². The van der Waals surface area contributed by atoms with Gasteiger partial charge in [0.2, 0.25) is 5.75 Å². The first kappa shape index (κ1) is 15.6. The number of carbonyl (C=O) groups excluding carboxylic acids is 1. The lowest BCUT2D eigenvalue weighted by Gasteiger charge is -2.07. The van der Waals surface area contributed by atoms with Crippen LogP contribution in [0.4, 0.5) is 0 Å². The number of carbonyl (C=O) groups is 1. The Labute approximate surface area is 126 Å². The number of nitrogens with one attached hydrogen (secondary N) is 2. The number of amides is 1. The Morgan fingerprint density at radius 3 is 2.95 bits per heavy atom. The molecule has 2 rings (SSSR count). The first-order valence-corrected chi connectivity index (χ1v) is 6.74. The summed E-state index contributed by atoms with van der Waals surface area (Å²) in [6, 6.07) is 5.06. The Kier molecular flexibility index (Phi) is 5.21. The minimum Gasteiger partial charge on any atom is -0.501 e. The summed E-state index contributed by atoms with van der Waals surface area (Å²) in [6.07, 6.45) is 1.53. The quantitative estimate of drug-likeness (QED) is 0.661. The maximum absolute atomic E-state index is 12.0. The fraction of sp³-hybridized carbons (Fsp3) is 0.286. The van der Waals surface area contributed by atoms with Crippen molar-refractivity contribution in [3.05, 3.63) is 40.4 Å². The molecule has 2 aromatic heterocycles. The van der Waals surface area contributed by atoms with Gasteiger partial charge in [0.1, 0.15) is 5.69 Å². The van der Waals surface area contributed by atoms with E-state index in [4.69, 9.17) is 4.74 Å². The Hall–Kier alpha value is -2.74. The maximum atomic E-state index is 12.0. The summed E-state index contributed by atoms with van der Waals surface area (Å²) >= 11 is 0. The fourth-order valence-electron chi connectivity index (χ4n) is 1.71. The van der Waals surface area contributed by atoms with Crippen molar-refractivity contribution in [2.45, 2.75) is 6.92 Å². The number of aromatic hydroxyl groups is 1. The van der Waals surface area contributed by atoms with Gasteiger partial charge in [-0.2, -0.15) is 0 Å². The van der Waals surface area contributed by atoms with E-state index >= 15 is 0 Å². The van der Waals surface area contributed by atoms with Crippen LogP contribution in [-0.4, -0.2) is 45.7 Å². The number of rotatable bonds is 6. The van der Waals surface area contributed by atoms with Gasteiger partial charge in [-0.1, -0.05) is 6.07 Å². The van der Waals surface area contributed by atoms with Crippen molar-refractivity contribution in [3.63, 3.8) is 0 Å². The van der Waals surface area contributed by atoms with Crippen molar-refractivity contribution < 1.29 is 14.6 Å². The second kappa shape index (κ2) is 7.32. The van der Waals surface area contributed by atoms with Crippen LogP contribution in [0.5, 0.6) is 5.75 Å². The van der Waals surface area contributed by atoms with Crippen LogP contribution in [0.1, 0.15) is 17.4 Å². The average molecular weight is 304 g/mol. The lowest BCUT2D eigenvalue weighted by molar-refractivity contribution is 0.0914. The monoisotopic (exact) mass is 304 g/mol. The molecule has 8 heteroatoms. The zero-order chi connectivity index (χ0) is 15.9. The van der Waals surface area contributed by atoms with Gasteiger partial charge in [-0.25, -0.2) is 4.98 Å². The average Bonchev–Trinajstić information content (AvgIpc) is 2.54. The minimum atomic E-state index is -0.800. The van der Waals surface area contributed by atoms with Gasteiger partial charge in [0.25, 0.3) is 11.5 Å². The molecule has 0 atom stereocenters. The Morgan fingerprint density at radius 2 is 2.27 bits per heavy atom. The lowest BCUT2D eigenvalue weighted by atomic mass is 10.3. The van der Waals surface area contributed by atoms with E-state index in [1.54, 1.807) is 18.2 Å². The molecule has 2 aromatic rings. The molecule has 22 heavy (non-hydrogen) atoms. The number of H-pyrrole nitrogens is 1. The second-order valence-corrected chi connectivity index (χ2v) is 4.28. The van der Waals surface area contributed by atoms with Crippen LogP contribution in [0.15, 0.2) is 29.2 Å². The molecule has 0 bridgehead atoms. The summed E-state index contributed by atoms with van der Waals surface area (Å²) in [7, 11) is 0. The zero-order valence-corrected chi connectivity index (χ0v) is 12.0. The van der Waals surface area contributed by atoms with Gasteiger partial charge in [0.05, 0.1) is 6.61 Å². The van der Waals surface area contributed by atoms with Crippen LogP contribution in [0.25, 0.3) is 11.5 Å². The number of pyridine rings is 1. The predicted octanol–water partition coefficient (Wildman–Crippen LogP) is 0.304. The third kappa shape index (κ3) is 3.67. The molecule has 0 radical (unpaired) electrons. The van der Waals surface area contributed by atoms with Gasteiger partial charge in [-0.15, -0.1) is 0 Å². The number of hydrogen-bond donors (Lipinski definition) is 3. The van der Waals surface area contributed by atoms with Crippen LogP contribution in [0.3, 0.4) is 0 Å². The third-order valence-electron chi connectivity index (χ3n) is 2.75. The van der Waals surface area contributed by atoms with E-state index in [1.807, 2.05) is 6.92 Å². The van der Waals surface area contributed by atoms with Crippen molar-refractivity contribution in [2.24, 2.45) is 0 Å². The molecule has 116 valence electrons. The summed E-state index contributed by atoms with van der Waals surface area (Å²) in [5.74, 6) is -1.27. The summed E-state index contributed by atoms with van der Waals surface area (Å²) in [4.78, 5) is 34.1. The fourth-order valence-corrected chi connectivity index (χ4v) is 1.71. The molecule has 0 saturated heterocycles. The molecular formula is C14H16N4O4. The summed E-state index contributed by atoms with van der Waals surface area (Å²) in [5, 5.41) is 12.2. The number of nitrogens with zero attached hydrogens (tertiary/aromatic N) is 2. The van der Waals surface area contributed by atoms with Crippen molar-refractivity contribution in [3.8, 4) is 17.3 Å². The van der Waals surface area contributed by atoms with Crippen molar-refractivity contribution in [1.29, 1.82) is 0 Å². The smallest absolute Gasteiger partial charge is 0.294 e. The number of hydrogen-bond acceptors (Lipinski definition) is 6. The molecule has 0 unspecified atom stereocenters. The Bertz CT molecular complexity index is 700. The first-order chi connectivity index (χ1) is 10.6. The molecular weight excluding hydrogens is 288 g/mol. The van der Waals surface area contributed by atoms with Crippen LogP contribution < -0.4 is 10.9 Å². The van der Waals surface area contributed by atoms with E-state index in [2.05, 4.69) is 20.3 Å². The van der Waals surface area contributed by atoms with Gasteiger partial charge < -0.3 is 20.1 Å². The van der Waals surface area contributed by atoms with Crippen LogP contribution in [0, 0.1) is 0 Å². The Morgan fingerprint density at radius 1 is 1.45 bits per heavy atom. The molecule has 3 N–H and O–H groups in total. The van der Waals surface area contributed by atoms with E-state index in [0.717, 1.165) is 0 Å². The molecule has 0 aromatic carbocycles. The normalized spacial score (nSPS) is 10.4. The molecule has 0 spiro atoms. The predicted molar refractivity (Wildman–Crippen MR) is 78.6 cm³/mol. The van der Waals surface area contributed by atoms with E-state index in [9.17, 15) is 14.7 Å². The Balaban J connectivity index is 2.26. The standard InChI is InChI=1S/C14H16N4O4/c1-2-22-8-7-16-13(20)10-11(19)14(21)18-12(17-10)9-5-3-4-6-15-9/h3-6,19H,2,7-8H2,1H3,(H,16,20)(H,17,18,21). The summed E-state index contributed by atoms with van der Waals surface area (Å²) in [5.41, 5.74) is -0.755. The summed E-state index contributed by atoms with van der Waals surface area (Å²) in [6.45, 7) is 2.96. The van der Waals surface area contributed by atoms with Crippen molar-refractivity contribution in [1.82, 2.24) is 20.3 Å². The molecule has 8 nitrogen and oxygen atoms in total. The molecule has 0 aliphatic heterocycles. The highest BCUT2D eigenvalue weighted by molar-refractivity contribution is 5.95. The number of aromatic nitrogens is 3. The largest absolute Gasteiger partial charge is 0.501 e. The molecule has 0 fully saturated rings. The van der Waals surface area contributed by atoms with E-state index in [-0.39, 0.29) is 18.1 Å². The van der Waals surface area contributed by atoms with Gasteiger partial charge in [0, 0.05) is 19.3 Å². The van der Waals surface area contributed by atoms with Crippen LogP contribution in [0.2, 0.25) is 0 Å². The van der Waals surface area contributed by atoms with Crippen molar-refractivity contribution >= 4 is 5.91 Å². The number of ether oxygens (including phenoxy) is 1. The molecule has 0 saturated carbocycles. The molecule has 1 amide bonds.